The van der Waals surface area contributed by atoms with Gasteiger partial charge in [-0.1, -0.05) is 84.0 Å². The number of hydrogen-bond acceptors (Lipinski definition) is 3. The molecule has 0 rings (SSSR count). The highest BCUT2D eigenvalue weighted by Crippen LogP contribution is 2.12. The molecule has 0 aromatic rings. The minimum atomic E-state index is -1.24. The summed E-state index contributed by atoms with van der Waals surface area (Å²) in [5.41, 5.74) is 0. The maximum atomic E-state index is 11.2. The predicted octanol–water partition coefficient (Wildman–Crippen LogP) is 3.33. The second-order valence-electron chi connectivity index (χ2n) is 6.14. The van der Waals surface area contributed by atoms with Gasteiger partial charge in [-0.2, -0.15) is 0 Å². The fraction of sp³-hybridized carbons (Fsp3) is 0.889. The predicted molar refractivity (Wildman–Crippen MR) is 88.3 cm³/mol. The summed E-state index contributed by atoms with van der Waals surface area (Å²) in [6.07, 6.45) is 17.0. The Hall–Kier alpha value is -1.06. The second kappa shape index (κ2) is 16.3. The number of carbonyl (C=O) groups excluding carboxylic acids is 2. The fourth-order valence-electron chi connectivity index (χ4n) is 2.56. The topological polar surface area (TPSA) is 69.2 Å². The van der Waals surface area contributed by atoms with Crippen LogP contribution in [-0.2, 0) is 9.59 Å². The van der Waals surface area contributed by atoms with Crippen molar-refractivity contribution in [2.45, 2.75) is 96.8 Å². The normalized spacial score (nSPS) is 10.6. The standard InChI is InChI=1S/C18H35NO3/c1-2-3-4-5-6-7-8-9-10-11-12-13-14-15-17(20)19-16-18(21)22/h2-16H2,1H3,(H,19,20)(H,21,22)/p-1. The van der Waals surface area contributed by atoms with E-state index in [-0.39, 0.29) is 12.5 Å². The molecule has 0 spiro atoms. The van der Waals surface area contributed by atoms with Crippen LogP contribution in [0.4, 0.5) is 0 Å². The average molecular weight is 312 g/mol. The highest BCUT2D eigenvalue weighted by molar-refractivity contribution is 5.80. The van der Waals surface area contributed by atoms with Crippen molar-refractivity contribution in [2.75, 3.05) is 6.54 Å². The van der Waals surface area contributed by atoms with E-state index in [1.54, 1.807) is 0 Å². The third-order valence-corrected chi connectivity index (χ3v) is 3.94. The third-order valence-electron chi connectivity index (χ3n) is 3.94. The van der Waals surface area contributed by atoms with Crippen molar-refractivity contribution in [1.82, 2.24) is 5.32 Å². The van der Waals surface area contributed by atoms with Crippen LogP contribution in [0.15, 0.2) is 0 Å². The van der Waals surface area contributed by atoms with E-state index in [2.05, 4.69) is 12.2 Å². The molecule has 4 heteroatoms. The molecule has 0 aliphatic heterocycles. The summed E-state index contributed by atoms with van der Waals surface area (Å²) in [5.74, 6) is -1.43. The molecule has 0 aromatic carbocycles. The van der Waals surface area contributed by atoms with E-state index in [4.69, 9.17) is 0 Å². The van der Waals surface area contributed by atoms with E-state index < -0.39 is 5.97 Å². The molecule has 130 valence electrons. The van der Waals surface area contributed by atoms with Gasteiger partial charge in [0.15, 0.2) is 0 Å². The summed E-state index contributed by atoms with van der Waals surface area (Å²) in [4.78, 5) is 21.4. The number of rotatable bonds is 16. The van der Waals surface area contributed by atoms with Gasteiger partial charge in [-0.15, -0.1) is 0 Å². The molecule has 0 heterocycles. The Morgan fingerprint density at radius 3 is 1.55 bits per heavy atom. The molecule has 0 saturated heterocycles. The van der Waals surface area contributed by atoms with Gasteiger partial charge >= 0.3 is 0 Å². The summed E-state index contributed by atoms with van der Waals surface area (Å²) in [5, 5.41) is 12.5. The van der Waals surface area contributed by atoms with Gasteiger partial charge in [0.2, 0.25) is 5.91 Å². The van der Waals surface area contributed by atoms with Crippen LogP contribution in [0.2, 0.25) is 0 Å². The molecule has 1 N–H and O–H groups in total. The number of amides is 1. The van der Waals surface area contributed by atoms with Crippen molar-refractivity contribution >= 4 is 11.9 Å². The smallest absolute Gasteiger partial charge is 0.220 e. The van der Waals surface area contributed by atoms with E-state index >= 15 is 0 Å². The average Bonchev–Trinajstić information content (AvgIpc) is 2.49. The lowest BCUT2D eigenvalue weighted by Gasteiger charge is -2.05. The molecule has 22 heavy (non-hydrogen) atoms. The van der Waals surface area contributed by atoms with Crippen molar-refractivity contribution in [3.8, 4) is 0 Å². The van der Waals surface area contributed by atoms with Gasteiger partial charge in [-0.3, -0.25) is 4.79 Å². The van der Waals surface area contributed by atoms with E-state index in [1.165, 1.54) is 70.6 Å². The Morgan fingerprint density at radius 1 is 0.727 bits per heavy atom. The highest BCUT2D eigenvalue weighted by atomic mass is 16.4. The number of aliphatic carboxylic acids is 1. The van der Waals surface area contributed by atoms with Crippen LogP contribution in [0.25, 0.3) is 0 Å². The Labute approximate surface area is 136 Å². The third kappa shape index (κ3) is 17.0. The van der Waals surface area contributed by atoms with Crippen LogP contribution in [0, 0.1) is 0 Å². The molecule has 0 unspecified atom stereocenters. The van der Waals surface area contributed by atoms with Crippen molar-refractivity contribution < 1.29 is 14.7 Å². The zero-order valence-corrected chi connectivity index (χ0v) is 14.3. The van der Waals surface area contributed by atoms with E-state index in [9.17, 15) is 14.7 Å². The SMILES string of the molecule is CCCCCCCCCCCCCCCC(=O)NCC(=O)[O-]. The molecule has 0 saturated carbocycles. The Balaban J connectivity index is 3.11. The highest BCUT2D eigenvalue weighted by Gasteiger charge is 2.00. The Kier molecular flexibility index (Phi) is 15.5. The zero-order chi connectivity index (χ0) is 16.5. The van der Waals surface area contributed by atoms with Crippen LogP contribution in [0.1, 0.15) is 96.8 Å². The van der Waals surface area contributed by atoms with E-state index in [0.717, 1.165) is 12.8 Å². The summed E-state index contributed by atoms with van der Waals surface area (Å²) >= 11 is 0. The first kappa shape index (κ1) is 20.9. The molecule has 0 bridgehead atoms. The molecule has 0 radical (unpaired) electrons. The molecule has 0 aromatic heterocycles. The van der Waals surface area contributed by atoms with E-state index in [1.807, 2.05) is 0 Å². The number of carboxylic acid groups (broad SMARTS) is 1. The maximum absolute atomic E-state index is 11.2. The lowest BCUT2D eigenvalue weighted by Crippen LogP contribution is -2.37. The molecule has 0 aliphatic carbocycles. The number of unbranched alkanes of at least 4 members (excludes halogenated alkanes) is 12. The molecule has 4 nitrogen and oxygen atoms in total. The van der Waals surface area contributed by atoms with Crippen molar-refractivity contribution in [3.63, 3.8) is 0 Å². The first-order chi connectivity index (χ1) is 10.7. The first-order valence-corrected chi connectivity index (χ1v) is 9.13. The van der Waals surface area contributed by atoms with Crippen LogP contribution in [-0.4, -0.2) is 18.4 Å². The summed E-state index contributed by atoms with van der Waals surface area (Å²) in [6.45, 7) is 1.87. The molecule has 0 atom stereocenters. The monoisotopic (exact) mass is 312 g/mol. The van der Waals surface area contributed by atoms with Gasteiger partial charge in [0.1, 0.15) is 0 Å². The summed E-state index contributed by atoms with van der Waals surface area (Å²) in [7, 11) is 0. The lowest BCUT2D eigenvalue weighted by molar-refractivity contribution is -0.304. The zero-order valence-electron chi connectivity index (χ0n) is 14.3. The van der Waals surface area contributed by atoms with Gasteiger partial charge in [-0.05, 0) is 6.42 Å². The second-order valence-corrected chi connectivity index (χ2v) is 6.14. The Morgan fingerprint density at radius 2 is 1.14 bits per heavy atom. The van der Waals surface area contributed by atoms with Gasteiger partial charge in [0.05, 0.1) is 12.5 Å². The quantitative estimate of drug-likeness (QED) is 0.444. The fourth-order valence-corrected chi connectivity index (χ4v) is 2.56. The number of carbonyl (C=O) groups is 2. The number of hydrogen-bond donors (Lipinski definition) is 1. The molecular weight excluding hydrogens is 278 g/mol. The summed E-state index contributed by atoms with van der Waals surface area (Å²) in [6, 6.07) is 0. The maximum Gasteiger partial charge on any atom is 0.220 e. The van der Waals surface area contributed by atoms with Gasteiger partial charge < -0.3 is 15.2 Å². The van der Waals surface area contributed by atoms with E-state index in [0.29, 0.717) is 6.42 Å². The minimum Gasteiger partial charge on any atom is -0.548 e. The van der Waals surface area contributed by atoms with Crippen LogP contribution in [0.3, 0.4) is 0 Å². The van der Waals surface area contributed by atoms with Crippen LogP contribution in [0.5, 0.6) is 0 Å². The first-order valence-electron chi connectivity index (χ1n) is 9.13. The molecule has 0 fully saturated rings. The van der Waals surface area contributed by atoms with Gasteiger partial charge in [-0.25, -0.2) is 0 Å². The van der Waals surface area contributed by atoms with Crippen LogP contribution < -0.4 is 10.4 Å². The lowest BCUT2D eigenvalue weighted by atomic mass is 10.0. The van der Waals surface area contributed by atoms with Crippen molar-refractivity contribution in [1.29, 1.82) is 0 Å². The largest absolute Gasteiger partial charge is 0.548 e. The van der Waals surface area contributed by atoms with Crippen LogP contribution >= 0.6 is 0 Å². The van der Waals surface area contributed by atoms with Crippen molar-refractivity contribution in [2.24, 2.45) is 0 Å². The van der Waals surface area contributed by atoms with Gasteiger partial charge in [0.25, 0.3) is 0 Å². The minimum absolute atomic E-state index is 0.188. The molecule has 1 amide bonds. The Bertz CT molecular complexity index is 280. The molecule has 0 aliphatic rings. The van der Waals surface area contributed by atoms with Crippen molar-refractivity contribution in [3.05, 3.63) is 0 Å². The number of nitrogens with one attached hydrogen (secondary N) is 1. The van der Waals surface area contributed by atoms with Gasteiger partial charge in [0, 0.05) is 6.42 Å². The summed E-state index contributed by atoms with van der Waals surface area (Å²) < 4.78 is 0. The molecular formula is C18H34NO3-. The number of carboxylic acids is 1.